The molecule has 0 unspecified atom stereocenters. The Morgan fingerprint density at radius 2 is 1.79 bits per heavy atom. The van der Waals surface area contributed by atoms with E-state index in [2.05, 4.69) is 10.2 Å². The van der Waals surface area contributed by atoms with Crippen LogP contribution in [0.15, 0.2) is 24.3 Å². The lowest BCUT2D eigenvalue weighted by Gasteiger charge is -2.33. The predicted molar refractivity (Wildman–Crippen MR) is 92.8 cm³/mol. The summed E-state index contributed by atoms with van der Waals surface area (Å²) in [5.74, 6) is 0.630. The van der Waals surface area contributed by atoms with Gasteiger partial charge in [-0.05, 0) is 31.2 Å². The zero-order chi connectivity index (χ0) is 17.6. The number of nitrogens with zero attached hydrogens (tertiary/aromatic N) is 2. The van der Waals surface area contributed by atoms with Crippen molar-refractivity contribution in [3.63, 3.8) is 0 Å². The van der Waals surface area contributed by atoms with Gasteiger partial charge in [0.25, 0.3) is 5.91 Å². The van der Waals surface area contributed by atoms with Crippen molar-refractivity contribution in [1.29, 1.82) is 0 Å². The van der Waals surface area contributed by atoms with Gasteiger partial charge < -0.3 is 10.1 Å². The van der Waals surface area contributed by atoms with Gasteiger partial charge in [0.2, 0.25) is 10.0 Å². The summed E-state index contributed by atoms with van der Waals surface area (Å²) in [5, 5.41) is 2.89. The molecule has 8 heteroatoms. The van der Waals surface area contributed by atoms with E-state index < -0.39 is 10.0 Å². The maximum Gasteiger partial charge on any atom is 0.251 e. The second kappa shape index (κ2) is 8.46. The quantitative estimate of drug-likeness (QED) is 0.766. The highest BCUT2D eigenvalue weighted by Gasteiger charge is 2.22. The molecule has 7 nitrogen and oxygen atoms in total. The SMILES string of the molecule is CCOc1ccc(C(=O)NCCN2CCN(S(C)(=O)=O)CC2)cc1. The van der Waals surface area contributed by atoms with Crippen LogP contribution in [-0.4, -0.2) is 75.7 Å². The number of amides is 1. The molecule has 1 aliphatic heterocycles. The summed E-state index contributed by atoms with van der Waals surface area (Å²) in [4.78, 5) is 14.2. The van der Waals surface area contributed by atoms with Crippen LogP contribution in [0.5, 0.6) is 5.75 Å². The molecule has 1 heterocycles. The summed E-state index contributed by atoms with van der Waals surface area (Å²) in [6, 6.07) is 7.04. The first kappa shape index (κ1) is 18.7. The van der Waals surface area contributed by atoms with Crippen molar-refractivity contribution < 1.29 is 17.9 Å². The summed E-state index contributed by atoms with van der Waals surface area (Å²) >= 11 is 0. The predicted octanol–water partition coefficient (Wildman–Crippen LogP) is 0.392. The largest absolute Gasteiger partial charge is 0.494 e. The molecule has 134 valence electrons. The fourth-order valence-electron chi connectivity index (χ4n) is 2.58. The Labute approximate surface area is 143 Å². The molecule has 0 radical (unpaired) electrons. The smallest absolute Gasteiger partial charge is 0.251 e. The number of piperazine rings is 1. The van der Waals surface area contributed by atoms with Gasteiger partial charge in [0.1, 0.15) is 5.75 Å². The zero-order valence-corrected chi connectivity index (χ0v) is 15.0. The molecule has 1 aliphatic rings. The Morgan fingerprint density at radius 3 is 2.33 bits per heavy atom. The van der Waals surface area contributed by atoms with Crippen molar-refractivity contribution in [3.8, 4) is 5.75 Å². The molecular formula is C16H25N3O4S. The molecular weight excluding hydrogens is 330 g/mol. The van der Waals surface area contributed by atoms with Crippen molar-refractivity contribution in [2.45, 2.75) is 6.92 Å². The van der Waals surface area contributed by atoms with Gasteiger partial charge in [0, 0.05) is 44.8 Å². The summed E-state index contributed by atoms with van der Waals surface area (Å²) in [5.41, 5.74) is 0.598. The van der Waals surface area contributed by atoms with Crippen LogP contribution in [-0.2, 0) is 10.0 Å². The Hall–Kier alpha value is -1.64. The van der Waals surface area contributed by atoms with E-state index in [9.17, 15) is 13.2 Å². The first-order valence-electron chi connectivity index (χ1n) is 8.08. The van der Waals surface area contributed by atoms with Crippen LogP contribution in [0.3, 0.4) is 0 Å². The van der Waals surface area contributed by atoms with E-state index >= 15 is 0 Å². The fourth-order valence-corrected chi connectivity index (χ4v) is 3.41. The number of benzene rings is 1. The van der Waals surface area contributed by atoms with Crippen LogP contribution >= 0.6 is 0 Å². The summed E-state index contributed by atoms with van der Waals surface area (Å²) < 4.78 is 29.8. The molecule has 0 spiro atoms. The Bertz CT molecular complexity index is 638. The highest BCUT2D eigenvalue weighted by atomic mass is 32.2. The lowest BCUT2D eigenvalue weighted by Crippen LogP contribution is -2.49. The molecule has 1 saturated heterocycles. The third-order valence-electron chi connectivity index (χ3n) is 3.94. The molecule has 0 aliphatic carbocycles. The van der Waals surface area contributed by atoms with E-state index in [4.69, 9.17) is 4.74 Å². The highest BCUT2D eigenvalue weighted by Crippen LogP contribution is 2.12. The monoisotopic (exact) mass is 355 g/mol. The molecule has 1 aromatic rings. The number of hydrogen-bond acceptors (Lipinski definition) is 5. The van der Waals surface area contributed by atoms with E-state index in [-0.39, 0.29) is 5.91 Å². The van der Waals surface area contributed by atoms with Crippen LogP contribution in [0.4, 0.5) is 0 Å². The average molecular weight is 355 g/mol. The molecule has 0 atom stereocenters. The van der Waals surface area contributed by atoms with Crippen molar-refractivity contribution in [3.05, 3.63) is 29.8 Å². The molecule has 1 fully saturated rings. The lowest BCUT2D eigenvalue weighted by atomic mass is 10.2. The fraction of sp³-hybridized carbons (Fsp3) is 0.562. The minimum Gasteiger partial charge on any atom is -0.494 e. The second-order valence-electron chi connectivity index (χ2n) is 5.72. The molecule has 0 saturated carbocycles. The summed E-state index contributed by atoms with van der Waals surface area (Å²) in [7, 11) is -3.10. The lowest BCUT2D eigenvalue weighted by molar-refractivity contribution is 0.0945. The molecule has 1 N–H and O–H groups in total. The van der Waals surface area contributed by atoms with Gasteiger partial charge in [-0.15, -0.1) is 0 Å². The van der Waals surface area contributed by atoms with Crippen molar-refractivity contribution in [2.75, 3.05) is 52.1 Å². The number of nitrogens with one attached hydrogen (secondary N) is 1. The zero-order valence-electron chi connectivity index (χ0n) is 14.2. The number of hydrogen-bond donors (Lipinski definition) is 1. The third kappa shape index (κ3) is 5.47. The Kier molecular flexibility index (Phi) is 6.59. The van der Waals surface area contributed by atoms with Crippen LogP contribution in [0.2, 0.25) is 0 Å². The highest BCUT2D eigenvalue weighted by molar-refractivity contribution is 7.88. The summed E-state index contributed by atoms with van der Waals surface area (Å²) in [6.07, 6.45) is 1.24. The molecule has 1 amide bonds. The molecule has 1 aromatic carbocycles. The summed E-state index contributed by atoms with van der Waals surface area (Å²) in [6.45, 7) is 6.13. The van der Waals surface area contributed by atoms with Gasteiger partial charge in [0.05, 0.1) is 12.9 Å². The van der Waals surface area contributed by atoms with Gasteiger partial charge in [-0.1, -0.05) is 0 Å². The Morgan fingerprint density at radius 1 is 1.17 bits per heavy atom. The second-order valence-corrected chi connectivity index (χ2v) is 7.70. The average Bonchev–Trinajstić information content (AvgIpc) is 2.55. The van der Waals surface area contributed by atoms with Crippen LogP contribution < -0.4 is 10.1 Å². The molecule has 24 heavy (non-hydrogen) atoms. The maximum atomic E-state index is 12.1. The van der Waals surface area contributed by atoms with Crippen molar-refractivity contribution >= 4 is 15.9 Å². The Balaban J connectivity index is 1.71. The third-order valence-corrected chi connectivity index (χ3v) is 5.24. The van der Waals surface area contributed by atoms with E-state index in [1.165, 1.54) is 10.6 Å². The maximum absolute atomic E-state index is 12.1. The molecule has 2 rings (SSSR count). The number of carbonyl (C=O) groups excluding carboxylic acids is 1. The van der Waals surface area contributed by atoms with Crippen LogP contribution in [0.1, 0.15) is 17.3 Å². The normalized spacial score (nSPS) is 16.8. The topological polar surface area (TPSA) is 79.0 Å². The van der Waals surface area contributed by atoms with Gasteiger partial charge in [-0.25, -0.2) is 8.42 Å². The van der Waals surface area contributed by atoms with E-state index in [0.29, 0.717) is 51.4 Å². The minimum atomic E-state index is -3.10. The van der Waals surface area contributed by atoms with E-state index in [1.807, 2.05) is 6.92 Å². The van der Waals surface area contributed by atoms with Gasteiger partial charge in [0.15, 0.2) is 0 Å². The van der Waals surface area contributed by atoms with Crippen molar-refractivity contribution in [2.24, 2.45) is 0 Å². The first-order valence-corrected chi connectivity index (χ1v) is 9.93. The first-order chi connectivity index (χ1) is 11.4. The van der Waals surface area contributed by atoms with E-state index in [1.54, 1.807) is 24.3 Å². The van der Waals surface area contributed by atoms with Crippen LogP contribution in [0.25, 0.3) is 0 Å². The van der Waals surface area contributed by atoms with Crippen molar-refractivity contribution in [1.82, 2.24) is 14.5 Å². The van der Waals surface area contributed by atoms with Gasteiger partial charge in [-0.3, -0.25) is 9.69 Å². The minimum absolute atomic E-state index is 0.118. The number of carbonyl (C=O) groups is 1. The van der Waals surface area contributed by atoms with Gasteiger partial charge >= 0.3 is 0 Å². The van der Waals surface area contributed by atoms with Crippen LogP contribution in [0, 0.1) is 0 Å². The molecule has 0 bridgehead atoms. The van der Waals surface area contributed by atoms with E-state index in [0.717, 1.165) is 5.75 Å². The number of sulfonamides is 1. The number of ether oxygens (including phenoxy) is 1. The standard InChI is InChI=1S/C16H25N3O4S/c1-3-23-15-6-4-14(5-7-15)16(20)17-8-9-18-10-12-19(13-11-18)24(2,21)22/h4-7H,3,8-13H2,1-2H3,(H,17,20). The molecule has 0 aromatic heterocycles. The van der Waals surface area contributed by atoms with Gasteiger partial charge in [-0.2, -0.15) is 4.31 Å². The number of rotatable bonds is 7.